The maximum absolute atomic E-state index is 9.26. The summed E-state index contributed by atoms with van der Waals surface area (Å²) in [5, 5.41) is 9.26. The van der Waals surface area contributed by atoms with Crippen LogP contribution in [-0.4, -0.2) is 20.8 Å². The van der Waals surface area contributed by atoms with Crippen molar-refractivity contribution in [2.75, 3.05) is 5.73 Å². The number of hydrogen-bond donors (Lipinski definition) is 2. The van der Waals surface area contributed by atoms with Crippen LogP contribution in [0.2, 0.25) is 0 Å². The summed E-state index contributed by atoms with van der Waals surface area (Å²) < 4.78 is 0. The van der Waals surface area contributed by atoms with Gasteiger partial charge in [0, 0.05) is 5.56 Å². The summed E-state index contributed by atoms with van der Waals surface area (Å²) in [6.45, 7) is 0.526. The quantitative estimate of drug-likeness (QED) is 0.763. The SMILES string of the molecule is Nc1ncnc2c1C(c1ccc(O)cc1)=NC2. The van der Waals surface area contributed by atoms with Crippen LogP contribution in [0, 0.1) is 0 Å². The van der Waals surface area contributed by atoms with Crippen molar-refractivity contribution in [3.63, 3.8) is 0 Å². The molecule has 5 heteroatoms. The fourth-order valence-electron chi connectivity index (χ4n) is 1.90. The minimum atomic E-state index is 0.227. The summed E-state index contributed by atoms with van der Waals surface area (Å²) in [7, 11) is 0. The van der Waals surface area contributed by atoms with E-state index in [4.69, 9.17) is 5.73 Å². The van der Waals surface area contributed by atoms with Gasteiger partial charge in [0.15, 0.2) is 0 Å². The second-order valence-corrected chi connectivity index (χ2v) is 3.79. The minimum absolute atomic E-state index is 0.227. The number of nitrogens with two attached hydrogens (primary N) is 1. The van der Waals surface area contributed by atoms with Crippen LogP contribution >= 0.6 is 0 Å². The van der Waals surface area contributed by atoms with Crippen LogP contribution in [-0.2, 0) is 6.54 Å². The molecule has 0 aliphatic carbocycles. The van der Waals surface area contributed by atoms with E-state index in [1.54, 1.807) is 24.3 Å². The largest absolute Gasteiger partial charge is 0.508 e. The number of benzene rings is 1. The monoisotopic (exact) mass is 226 g/mol. The predicted octanol–water partition coefficient (Wildman–Crippen LogP) is 1.12. The van der Waals surface area contributed by atoms with Crippen molar-refractivity contribution in [2.45, 2.75) is 6.54 Å². The van der Waals surface area contributed by atoms with E-state index in [0.717, 1.165) is 22.5 Å². The summed E-state index contributed by atoms with van der Waals surface area (Å²) in [5.41, 5.74) is 9.20. The lowest BCUT2D eigenvalue weighted by molar-refractivity contribution is 0.475. The molecule has 0 bridgehead atoms. The Balaban J connectivity index is 2.12. The molecular formula is C12H10N4O. The molecule has 1 aliphatic heterocycles. The van der Waals surface area contributed by atoms with Crippen LogP contribution in [0.5, 0.6) is 5.75 Å². The number of phenols is 1. The predicted molar refractivity (Wildman–Crippen MR) is 63.9 cm³/mol. The number of aromatic nitrogens is 2. The highest BCUT2D eigenvalue weighted by Crippen LogP contribution is 2.25. The fraction of sp³-hybridized carbons (Fsp3) is 0.0833. The Bertz CT molecular complexity index is 604. The number of rotatable bonds is 1. The molecule has 0 atom stereocenters. The van der Waals surface area contributed by atoms with Crippen molar-refractivity contribution in [2.24, 2.45) is 4.99 Å². The first-order valence-electron chi connectivity index (χ1n) is 5.19. The zero-order valence-electron chi connectivity index (χ0n) is 8.96. The van der Waals surface area contributed by atoms with Gasteiger partial charge >= 0.3 is 0 Å². The molecule has 5 nitrogen and oxygen atoms in total. The second kappa shape index (κ2) is 3.55. The molecule has 1 aliphatic rings. The molecule has 3 N–H and O–H groups in total. The zero-order valence-corrected chi connectivity index (χ0v) is 8.96. The van der Waals surface area contributed by atoms with Gasteiger partial charge in [-0.05, 0) is 24.3 Å². The molecular weight excluding hydrogens is 216 g/mol. The van der Waals surface area contributed by atoms with Gasteiger partial charge in [-0.15, -0.1) is 0 Å². The van der Waals surface area contributed by atoms with Gasteiger partial charge in [0.05, 0.1) is 23.5 Å². The number of hydrogen-bond acceptors (Lipinski definition) is 5. The first-order valence-corrected chi connectivity index (χ1v) is 5.19. The second-order valence-electron chi connectivity index (χ2n) is 3.79. The van der Waals surface area contributed by atoms with E-state index < -0.39 is 0 Å². The molecule has 2 aromatic rings. The van der Waals surface area contributed by atoms with Gasteiger partial charge in [0.1, 0.15) is 17.9 Å². The van der Waals surface area contributed by atoms with E-state index >= 15 is 0 Å². The molecule has 0 fully saturated rings. The van der Waals surface area contributed by atoms with Crippen molar-refractivity contribution < 1.29 is 5.11 Å². The Morgan fingerprint density at radius 2 is 1.88 bits per heavy atom. The number of aromatic hydroxyl groups is 1. The lowest BCUT2D eigenvalue weighted by Gasteiger charge is -2.05. The molecule has 1 aromatic carbocycles. The highest BCUT2D eigenvalue weighted by atomic mass is 16.3. The number of nitrogen functional groups attached to an aromatic ring is 1. The summed E-state index contributed by atoms with van der Waals surface area (Å²) in [6, 6.07) is 6.84. The van der Waals surface area contributed by atoms with Crippen molar-refractivity contribution in [3.05, 3.63) is 47.4 Å². The van der Waals surface area contributed by atoms with Crippen LogP contribution in [0.1, 0.15) is 16.8 Å². The van der Waals surface area contributed by atoms with Crippen LogP contribution in [0.3, 0.4) is 0 Å². The zero-order chi connectivity index (χ0) is 11.8. The van der Waals surface area contributed by atoms with Crippen molar-refractivity contribution in [3.8, 4) is 5.75 Å². The molecule has 0 unspecified atom stereocenters. The van der Waals surface area contributed by atoms with Gasteiger partial charge in [0.25, 0.3) is 0 Å². The maximum atomic E-state index is 9.26. The Morgan fingerprint density at radius 1 is 1.12 bits per heavy atom. The third-order valence-corrected chi connectivity index (χ3v) is 2.72. The number of nitrogens with zero attached hydrogens (tertiary/aromatic N) is 3. The maximum Gasteiger partial charge on any atom is 0.136 e. The third-order valence-electron chi connectivity index (χ3n) is 2.72. The van der Waals surface area contributed by atoms with E-state index in [-0.39, 0.29) is 5.75 Å². The van der Waals surface area contributed by atoms with Crippen molar-refractivity contribution in [1.82, 2.24) is 9.97 Å². The van der Waals surface area contributed by atoms with E-state index in [2.05, 4.69) is 15.0 Å². The van der Waals surface area contributed by atoms with E-state index in [1.807, 2.05) is 0 Å². The smallest absolute Gasteiger partial charge is 0.136 e. The van der Waals surface area contributed by atoms with Crippen molar-refractivity contribution >= 4 is 11.5 Å². The molecule has 2 heterocycles. The van der Waals surface area contributed by atoms with Gasteiger partial charge in [-0.2, -0.15) is 0 Å². The Hall–Kier alpha value is -2.43. The number of fused-ring (bicyclic) bond motifs is 1. The number of phenolic OH excluding ortho intramolecular Hbond substituents is 1. The fourth-order valence-corrected chi connectivity index (χ4v) is 1.90. The lowest BCUT2D eigenvalue weighted by atomic mass is 10.0. The molecule has 3 rings (SSSR count). The topological polar surface area (TPSA) is 84.4 Å². The van der Waals surface area contributed by atoms with Gasteiger partial charge in [-0.1, -0.05) is 0 Å². The highest BCUT2D eigenvalue weighted by molar-refractivity contribution is 6.17. The summed E-state index contributed by atoms with van der Waals surface area (Å²) in [5.74, 6) is 0.671. The van der Waals surface area contributed by atoms with Crippen LogP contribution in [0.4, 0.5) is 5.82 Å². The van der Waals surface area contributed by atoms with Crippen LogP contribution in [0.15, 0.2) is 35.6 Å². The summed E-state index contributed by atoms with van der Waals surface area (Å²) >= 11 is 0. The standard InChI is InChI=1S/C12H10N4O/c13-12-10-9(15-6-16-12)5-14-11(10)7-1-3-8(17)4-2-7/h1-4,6,17H,5H2,(H2,13,15,16). The van der Waals surface area contributed by atoms with E-state index in [0.29, 0.717) is 12.4 Å². The van der Waals surface area contributed by atoms with Crippen LogP contribution in [0.25, 0.3) is 0 Å². The lowest BCUT2D eigenvalue weighted by Crippen LogP contribution is -2.07. The normalized spacial score (nSPS) is 13.3. The third kappa shape index (κ3) is 1.52. The Labute approximate surface area is 97.7 Å². The molecule has 17 heavy (non-hydrogen) atoms. The number of aliphatic imine (C=N–C) groups is 1. The summed E-state index contributed by atoms with van der Waals surface area (Å²) in [6.07, 6.45) is 1.45. The first kappa shape index (κ1) is 9.77. The Morgan fingerprint density at radius 3 is 2.65 bits per heavy atom. The molecule has 0 spiro atoms. The molecule has 1 aromatic heterocycles. The molecule has 0 amide bonds. The summed E-state index contributed by atoms with van der Waals surface area (Å²) in [4.78, 5) is 12.6. The molecule has 0 radical (unpaired) electrons. The van der Waals surface area contributed by atoms with Crippen molar-refractivity contribution in [1.29, 1.82) is 0 Å². The molecule has 0 saturated heterocycles. The Kier molecular flexibility index (Phi) is 2.04. The van der Waals surface area contributed by atoms with Gasteiger partial charge in [-0.25, -0.2) is 9.97 Å². The van der Waals surface area contributed by atoms with E-state index in [9.17, 15) is 5.11 Å². The minimum Gasteiger partial charge on any atom is -0.508 e. The highest BCUT2D eigenvalue weighted by Gasteiger charge is 2.21. The van der Waals surface area contributed by atoms with Gasteiger partial charge < -0.3 is 10.8 Å². The first-order chi connectivity index (χ1) is 8.25. The molecule has 84 valence electrons. The average Bonchev–Trinajstić information content (AvgIpc) is 2.75. The molecule has 0 saturated carbocycles. The number of anilines is 1. The van der Waals surface area contributed by atoms with Crippen LogP contribution < -0.4 is 5.73 Å². The van der Waals surface area contributed by atoms with E-state index in [1.165, 1.54) is 6.33 Å². The average molecular weight is 226 g/mol. The van der Waals surface area contributed by atoms with Gasteiger partial charge in [-0.3, -0.25) is 4.99 Å². The van der Waals surface area contributed by atoms with Gasteiger partial charge in [0.2, 0.25) is 0 Å².